The molecule has 2 aliphatic heterocycles. The second-order valence-corrected chi connectivity index (χ2v) is 8.30. The van der Waals surface area contributed by atoms with Crippen molar-refractivity contribution in [3.8, 4) is 0 Å². The van der Waals surface area contributed by atoms with Crippen molar-refractivity contribution in [1.82, 2.24) is 5.32 Å². The summed E-state index contributed by atoms with van der Waals surface area (Å²) < 4.78 is 0. The molecule has 1 atom stereocenters. The molecule has 30 heavy (non-hydrogen) atoms. The number of anilines is 2. The summed E-state index contributed by atoms with van der Waals surface area (Å²) in [7, 11) is 0. The van der Waals surface area contributed by atoms with Gasteiger partial charge in [-0.1, -0.05) is 35.3 Å². The monoisotopic (exact) mass is 445 g/mol. The molecule has 0 aromatic heterocycles. The molecule has 2 heterocycles. The standard InChI is InChI=1S/C22H21Cl2N3O3/c23-15-5-8-18(24)19(12-15)27-11-9-17(22(27)30)21(29)25-13-14-3-6-16(7-4-14)26-10-1-2-20(26)28/h3-8,12,17H,1-2,9-11,13H2,(H,25,29). The van der Waals surface area contributed by atoms with Gasteiger partial charge in [0.05, 0.1) is 10.7 Å². The minimum absolute atomic E-state index is 0.139. The molecule has 8 heteroatoms. The van der Waals surface area contributed by atoms with Crippen LogP contribution in [0.1, 0.15) is 24.8 Å². The van der Waals surface area contributed by atoms with E-state index in [0.29, 0.717) is 41.7 Å². The Morgan fingerprint density at radius 3 is 2.50 bits per heavy atom. The lowest BCUT2D eigenvalue weighted by Crippen LogP contribution is -2.36. The summed E-state index contributed by atoms with van der Waals surface area (Å²) in [5.41, 5.74) is 2.29. The summed E-state index contributed by atoms with van der Waals surface area (Å²) in [6.07, 6.45) is 1.89. The molecule has 2 aromatic rings. The van der Waals surface area contributed by atoms with Crippen LogP contribution in [-0.4, -0.2) is 30.8 Å². The third-order valence-corrected chi connectivity index (χ3v) is 6.06. The predicted molar refractivity (Wildman–Crippen MR) is 117 cm³/mol. The Morgan fingerprint density at radius 2 is 1.80 bits per heavy atom. The molecule has 1 N–H and O–H groups in total. The number of halogens is 2. The Kier molecular flexibility index (Phi) is 5.97. The van der Waals surface area contributed by atoms with Crippen LogP contribution in [0.5, 0.6) is 0 Å². The zero-order chi connectivity index (χ0) is 21.3. The number of hydrogen-bond donors (Lipinski definition) is 1. The summed E-state index contributed by atoms with van der Waals surface area (Å²) in [5.74, 6) is -1.19. The highest BCUT2D eigenvalue weighted by Crippen LogP contribution is 2.33. The van der Waals surface area contributed by atoms with Crippen molar-refractivity contribution in [3.63, 3.8) is 0 Å². The number of carbonyl (C=O) groups is 3. The minimum Gasteiger partial charge on any atom is -0.351 e. The SMILES string of the molecule is O=C(NCc1ccc(N2CCCC2=O)cc1)C1CCN(c2cc(Cl)ccc2Cl)C1=O. The van der Waals surface area contributed by atoms with E-state index in [2.05, 4.69) is 5.32 Å². The number of rotatable bonds is 5. The number of carbonyl (C=O) groups excluding carboxylic acids is 3. The van der Waals surface area contributed by atoms with Gasteiger partial charge >= 0.3 is 0 Å². The summed E-state index contributed by atoms with van der Waals surface area (Å²) in [4.78, 5) is 40.5. The average Bonchev–Trinajstić information content (AvgIpc) is 3.34. The molecule has 2 saturated heterocycles. The van der Waals surface area contributed by atoms with E-state index in [1.165, 1.54) is 4.90 Å². The highest BCUT2D eigenvalue weighted by atomic mass is 35.5. The van der Waals surface area contributed by atoms with Gasteiger partial charge in [-0.25, -0.2) is 0 Å². The van der Waals surface area contributed by atoms with Crippen LogP contribution >= 0.6 is 23.2 Å². The van der Waals surface area contributed by atoms with E-state index in [1.807, 2.05) is 24.3 Å². The number of nitrogens with one attached hydrogen (secondary N) is 1. The van der Waals surface area contributed by atoms with Crippen LogP contribution in [0.2, 0.25) is 10.0 Å². The van der Waals surface area contributed by atoms with Gasteiger partial charge in [-0.15, -0.1) is 0 Å². The fourth-order valence-corrected chi connectivity index (χ4v) is 4.27. The lowest BCUT2D eigenvalue weighted by atomic mass is 10.1. The summed E-state index contributed by atoms with van der Waals surface area (Å²) in [6.45, 7) is 1.47. The van der Waals surface area contributed by atoms with Gasteiger partial charge in [0.25, 0.3) is 0 Å². The van der Waals surface area contributed by atoms with Crippen LogP contribution in [0.3, 0.4) is 0 Å². The maximum Gasteiger partial charge on any atom is 0.239 e. The minimum atomic E-state index is -0.749. The first-order chi connectivity index (χ1) is 14.4. The second kappa shape index (κ2) is 8.66. The number of hydrogen-bond acceptors (Lipinski definition) is 3. The highest BCUT2D eigenvalue weighted by molar-refractivity contribution is 6.36. The van der Waals surface area contributed by atoms with Crippen molar-refractivity contribution in [2.24, 2.45) is 5.92 Å². The van der Waals surface area contributed by atoms with Crippen molar-refractivity contribution in [3.05, 3.63) is 58.1 Å². The van der Waals surface area contributed by atoms with Crippen LogP contribution in [0.15, 0.2) is 42.5 Å². The second-order valence-electron chi connectivity index (χ2n) is 7.46. The van der Waals surface area contributed by atoms with Gasteiger partial charge in [-0.2, -0.15) is 0 Å². The maximum atomic E-state index is 12.8. The van der Waals surface area contributed by atoms with Crippen LogP contribution in [-0.2, 0) is 20.9 Å². The first-order valence-corrected chi connectivity index (χ1v) is 10.6. The molecule has 0 saturated carbocycles. The summed E-state index contributed by atoms with van der Waals surface area (Å²) in [6, 6.07) is 12.5. The molecule has 156 valence electrons. The molecule has 3 amide bonds. The number of nitrogens with zero attached hydrogens (tertiary/aromatic N) is 2. The predicted octanol–water partition coefficient (Wildman–Crippen LogP) is 3.79. The summed E-state index contributed by atoms with van der Waals surface area (Å²) in [5, 5.41) is 3.74. The third-order valence-electron chi connectivity index (χ3n) is 5.51. The smallest absolute Gasteiger partial charge is 0.239 e. The Balaban J connectivity index is 1.36. The van der Waals surface area contributed by atoms with Crippen LogP contribution < -0.4 is 15.1 Å². The van der Waals surface area contributed by atoms with E-state index in [1.54, 1.807) is 23.1 Å². The molecular formula is C22H21Cl2N3O3. The van der Waals surface area contributed by atoms with E-state index >= 15 is 0 Å². The molecule has 1 unspecified atom stereocenters. The van der Waals surface area contributed by atoms with Crippen molar-refractivity contribution >= 4 is 52.3 Å². The topological polar surface area (TPSA) is 69.7 Å². The quantitative estimate of drug-likeness (QED) is 0.711. The molecule has 6 nitrogen and oxygen atoms in total. The lowest BCUT2D eigenvalue weighted by Gasteiger charge is -2.18. The molecule has 0 spiro atoms. The molecule has 0 bridgehead atoms. The molecule has 2 aromatic carbocycles. The van der Waals surface area contributed by atoms with E-state index in [-0.39, 0.29) is 17.7 Å². The normalized spacial score (nSPS) is 18.9. The van der Waals surface area contributed by atoms with E-state index in [9.17, 15) is 14.4 Å². The maximum absolute atomic E-state index is 12.8. The molecular weight excluding hydrogens is 425 g/mol. The van der Waals surface area contributed by atoms with Gasteiger partial charge in [-0.05, 0) is 48.7 Å². The average molecular weight is 446 g/mol. The van der Waals surface area contributed by atoms with Crippen molar-refractivity contribution < 1.29 is 14.4 Å². The van der Waals surface area contributed by atoms with Crippen molar-refractivity contribution in [2.45, 2.75) is 25.8 Å². The van der Waals surface area contributed by atoms with Crippen LogP contribution in [0.25, 0.3) is 0 Å². The first-order valence-electron chi connectivity index (χ1n) is 9.87. The third kappa shape index (κ3) is 4.16. The molecule has 2 fully saturated rings. The fourth-order valence-electron chi connectivity index (χ4n) is 3.88. The lowest BCUT2D eigenvalue weighted by molar-refractivity contribution is -0.132. The van der Waals surface area contributed by atoms with Gasteiger partial charge in [0.1, 0.15) is 5.92 Å². The fraction of sp³-hybridized carbons (Fsp3) is 0.318. The Hall–Kier alpha value is -2.57. The van der Waals surface area contributed by atoms with Gasteiger partial charge in [0.15, 0.2) is 0 Å². The Morgan fingerprint density at radius 1 is 1.03 bits per heavy atom. The van der Waals surface area contributed by atoms with Gasteiger partial charge in [-0.3, -0.25) is 14.4 Å². The van der Waals surface area contributed by atoms with Crippen LogP contribution in [0.4, 0.5) is 11.4 Å². The van der Waals surface area contributed by atoms with Crippen LogP contribution in [0, 0.1) is 5.92 Å². The largest absolute Gasteiger partial charge is 0.351 e. The molecule has 4 rings (SSSR count). The number of benzene rings is 2. The Labute approximate surface area is 184 Å². The molecule has 0 radical (unpaired) electrons. The molecule has 0 aliphatic carbocycles. The Bertz CT molecular complexity index is 994. The van der Waals surface area contributed by atoms with Gasteiger partial charge in [0.2, 0.25) is 17.7 Å². The zero-order valence-corrected chi connectivity index (χ0v) is 17.7. The van der Waals surface area contributed by atoms with Crippen molar-refractivity contribution in [2.75, 3.05) is 22.9 Å². The van der Waals surface area contributed by atoms with Gasteiger partial charge in [0, 0.05) is 36.8 Å². The zero-order valence-electron chi connectivity index (χ0n) is 16.2. The van der Waals surface area contributed by atoms with E-state index in [0.717, 1.165) is 24.2 Å². The van der Waals surface area contributed by atoms with E-state index < -0.39 is 5.92 Å². The summed E-state index contributed by atoms with van der Waals surface area (Å²) >= 11 is 12.2. The number of amides is 3. The van der Waals surface area contributed by atoms with Crippen molar-refractivity contribution in [1.29, 1.82) is 0 Å². The van der Waals surface area contributed by atoms with Gasteiger partial charge < -0.3 is 15.1 Å². The van der Waals surface area contributed by atoms with E-state index in [4.69, 9.17) is 23.2 Å². The highest BCUT2D eigenvalue weighted by Gasteiger charge is 2.38. The first kappa shape index (κ1) is 20.7. The molecule has 2 aliphatic rings.